The molecule has 16 heavy (non-hydrogen) atoms. The van der Waals surface area contributed by atoms with Crippen molar-refractivity contribution in [3.8, 4) is 0 Å². The molecule has 3 heteroatoms. The Kier molecular flexibility index (Phi) is 2.74. The summed E-state index contributed by atoms with van der Waals surface area (Å²) in [6, 6.07) is 10.1. The molecule has 2 aliphatic heterocycles. The lowest BCUT2D eigenvalue weighted by Crippen LogP contribution is -2.32. The molecule has 1 aromatic rings. The number of rotatable bonds is 3. The molecule has 3 rings (SSSR count). The van der Waals surface area contributed by atoms with E-state index >= 15 is 0 Å². The second-order valence-electron chi connectivity index (χ2n) is 4.02. The highest BCUT2D eigenvalue weighted by Gasteiger charge is 2.34. The second kappa shape index (κ2) is 4.37. The topological polar surface area (TPSA) is 27.7 Å². The van der Waals surface area contributed by atoms with Crippen molar-refractivity contribution in [2.45, 2.75) is 25.1 Å². The largest absolute Gasteiger partial charge is 0.367 e. The monoisotopic (exact) mass is 218 g/mol. The van der Waals surface area contributed by atoms with Gasteiger partial charge in [-0.05, 0) is 11.6 Å². The molecule has 0 N–H and O–H groups in total. The van der Waals surface area contributed by atoms with Crippen molar-refractivity contribution in [3.05, 3.63) is 48.0 Å². The van der Waals surface area contributed by atoms with Crippen LogP contribution in [0.5, 0.6) is 0 Å². The minimum atomic E-state index is -0.151. The molecule has 0 saturated carbocycles. The van der Waals surface area contributed by atoms with Gasteiger partial charge in [0.1, 0.15) is 12.2 Å². The summed E-state index contributed by atoms with van der Waals surface area (Å²) in [6.45, 7) is 1.23. The minimum absolute atomic E-state index is 0.0129. The van der Waals surface area contributed by atoms with Gasteiger partial charge in [-0.1, -0.05) is 36.4 Å². The third kappa shape index (κ3) is 2.02. The predicted octanol–water partition coefficient (Wildman–Crippen LogP) is 1.88. The van der Waals surface area contributed by atoms with Crippen molar-refractivity contribution in [1.29, 1.82) is 0 Å². The number of hydrogen-bond acceptors (Lipinski definition) is 3. The Balaban J connectivity index is 1.60. The van der Waals surface area contributed by atoms with Gasteiger partial charge in [-0.25, -0.2) is 0 Å². The fourth-order valence-electron chi connectivity index (χ4n) is 1.97. The molecule has 2 bridgehead atoms. The van der Waals surface area contributed by atoms with Crippen molar-refractivity contribution in [3.63, 3.8) is 0 Å². The number of ether oxygens (including phenoxy) is 3. The van der Waals surface area contributed by atoms with E-state index in [9.17, 15) is 0 Å². The number of hydrogen-bond donors (Lipinski definition) is 0. The van der Waals surface area contributed by atoms with E-state index in [2.05, 4.69) is 12.1 Å². The molecule has 3 nitrogen and oxygen atoms in total. The molecule has 1 saturated heterocycles. The van der Waals surface area contributed by atoms with Crippen LogP contribution < -0.4 is 0 Å². The standard InChI is InChI=1S/C13H14O3/c1-2-4-10(5-3-1)8-14-11-6-7-13-15-9-12(11)16-13/h1-7,11-13H,8-9H2/t11-,12-,13+/m0/s1. The van der Waals surface area contributed by atoms with Crippen LogP contribution in [-0.4, -0.2) is 25.1 Å². The Morgan fingerprint density at radius 2 is 2.06 bits per heavy atom. The SMILES string of the molecule is C1=C[C@H](OCc2ccccc2)[C@@H]2CO[C@@H]1O2. The lowest BCUT2D eigenvalue weighted by atomic mass is 10.1. The molecule has 1 aromatic carbocycles. The van der Waals surface area contributed by atoms with Gasteiger partial charge >= 0.3 is 0 Å². The summed E-state index contributed by atoms with van der Waals surface area (Å²) in [5.41, 5.74) is 1.18. The lowest BCUT2D eigenvalue weighted by molar-refractivity contribution is -0.0749. The van der Waals surface area contributed by atoms with E-state index in [0.717, 1.165) is 0 Å². The highest BCUT2D eigenvalue weighted by molar-refractivity contribution is 5.14. The maximum Gasteiger partial charge on any atom is 0.177 e. The summed E-state index contributed by atoms with van der Waals surface area (Å²) in [4.78, 5) is 0. The van der Waals surface area contributed by atoms with Crippen LogP contribution in [0.3, 0.4) is 0 Å². The zero-order chi connectivity index (χ0) is 10.8. The van der Waals surface area contributed by atoms with Crippen LogP contribution >= 0.6 is 0 Å². The Bertz CT molecular complexity index is 374. The van der Waals surface area contributed by atoms with E-state index in [-0.39, 0.29) is 18.5 Å². The first-order valence-electron chi connectivity index (χ1n) is 5.53. The quantitative estimate of drug-likeness (QED) is 0.725. The van der Waals surface area contributed by atoms with Crippen LogP contribution in [0.25, 0.3) is 0 Å². The fraction of sp³-hybridized carbons (Fsp3) is 0.385. The van der Waals surface area contributed by atoms with E-state index in [1.54, 1.807) is 0 Å². The zero-order valence-corrected chi connectivity index (χ0v) is 8.91. The lowest BCUT2D eigenvalue weighted by Gasteiger charge is -2.22. The summed E-state index contributed by atoms with van der Waals surface area (Å²) < 4.78 is 16.7. The van der Waals surface area contributed by atoms with Gasteiger partial charge in [-0.15, -0.1) is 0 Å². The first-order valence-corrected chi connectivity index (χ1v) is 5.53. The first kappa shape index (κ1) is 10.0. The van der Waals surface area contributed by atoms with E-state index in [4.69, 9.17) is 14.2 Å². The molecule has 0 radical (unpaired) electrons. The average Bonchev–Trinajstić information content (AvgIpc) is 2.72. The van der Waals surface area contributed by atoms with Gasteiger partial charge in [0.05, 0.1) is 13.2 Å². The maximum absolute atomic E-state index is 5.81. The molecular formula is C13H14O3. The van der Waals surface area contributed by atoms with Gasteiger partial charge in [0.2, 0.25) is 0 Å². The molecule has 3 atom stereocenters. The van der Waals surface area contributed by atoms with Crippen LogP contribution in [0, 0.1) is 0 Å². The van der Waals surface area contributed by atoms with Crippen LogP contribution in [-0.2, 0) is 20.8 Å². The van der Waals surface area contributed by atoms with E-state index in [0.29, 0.717) is 13.2 Å². The van der Waals surface area contributed by atoms with Gasteiger partial charge < -0.3 is 14.2 Å². The zero-order valence-electron chi connectivity index (χ0n) is 8.91. The Morgan fingerprint density at radius 3 is 2.94 bits per heavy atom. The van der Waals surface area contributed by atoms with Crippen molar-refractivity contribution in [2.24, 2.45) is 0 Å². The molecule has 0 unspecified atom stereocenters. The first-order chi connectivity index (χ1) is 7.92. The average molecular weight is 218 g/mol. The van der Waals surface area contributed by atoms with Gasteiger partial charge in [0.15, 0.2) is 6.29 Å². The smallest absolute Gasteiger partial charge is 0.177 e. The van der Waals surface area contributed by atoms with Crippen molar-refractivity contribution < 1.29 is 14.2 Å². The molecule has 1 fully saturated rings. The molecule has 0 aliphatic carbocycles. The number of benzene rings is 1. The summed E-state index contributed by atoms with van der Waals surface area (Å²) in [7, 11) is 0. The van der Waals surface area contributed by atoms with Crippen molar-refractivity contribution >= 4 is 0 Å². The normalized spacial score (nSPS) is 31.9. The third-order valence-electron chi connectivity index (χ3n) is 2.84. The summed E-state index contributed by atoms with van der Waals surface area (Å²) in [5.74, 6) is 0. The van der Waals surface area contributed by atoms with Gasteiger partial charge in [0.25, 0.3) is 0 Å². The van der Waals surface area contributed by atoms with Gasteiger partial charge in [0, 0.05) is 0 Å². The van der Waals surface area contributed by atoms with Crippen LogP contribution in [0.4, 0.5) is 0 Å². The van der Waals surface area contributed by atoms with E-state index < -0.39 is 0 Å². The van der Waals surface area contributed by atoms with Crippen molar-refractivity contribution in [2.75, 3.05) is 6.61 Å². The van der Waals surface area contributed by atoms with Gasteiger partial charge in [-0.2, -0.15) is 0 Å². The molecule has 0 spiro atoms. The minimum Gasteiger partial charge on any atom is -0.367 e. The molecule has 2 heterocycles. The highest BCUT2D eigenvalue weighted by Crippen LogP contribution is 2.24. The second-order valence-corrected chi connectivity index (χ2v) is 4.02. The van der Waals surface area contributed by atoms with Crippen LogP contribution in [0.2, 0.25) is 0 Å². The van der Waals surface area contributed by atoms with Gasteiger partial charge in [-0.3, -0.25) is 0 Å². The molecule has 0 amide bonds. The molecule has 0 aromatic heterocycles. The Hall–Kier alpha value is -1.16. The number of fused-ring (bicyclic) bond motifs is 2. The van der Waals surface area contributed by atoms with Crippen molar-refractivity contribution in [1.82, 2.24) is 0 Å². The maximum atomic E-state index is 5.81. The van der Waals surface area contributed by atoms with Crippen LogP contribution in [0.15, 0.2) is 42.5 Å². The van der Waals surface area contributed by atoms with E-state index in [1.165, 1.54) is 5.56 Å². The molecule has 2 aliphatic rings. The highest BCUT2D eigenvalue weighted by atomic mass is 16.7. The third-order valence-corrected chi connectivity index (χ3v) is 2.84. The van der Waals surface area contributed by atoms with E-state index in [1.807, 2.05) is 30.4 Å². The summed E-state index contributed by atoms with van der Waals surface area (Å²) >= 11 is 0. The predicted molar refractivity (Wildman–Crippen MR) is 58.8 cm³/mol. The summed E-state index contributed by atoms with van der Waals surface area (Å²) in [6.07, 6.45) is 3.87. The van der Waals surface area contributed by atoms with Crippen LogP contribution in [0.1, 0.15) is 5.56 Å². The Labute approximate surface area is 94.6 Å². The fourth-order valence-corrected chi connectivity index (χ4v) is 1.97. The molecule has 84 valence electrons. The summed E-state index contributed by atoms with van der Waals surface area (Å²) in [5, 5.41) is 0. The molecular weight excluding hydrogens is 204 g/mol. The Morgan fingerprint density at radius 1 is 1.19 bits per heavy atom.